The zero-order chi connectivity index (χ0) is 18.2. The van der Waals surface area contributed by atoms with E-state index in [-0.39, 0.29) is 18.5 Å². The lowest BCUT2D eigenvalue weighted by Crippen LogP contribution is -2.23. The molecule has 1 unspecified atom stereocenters. The Morgan fingerprint density at radius 1 is 1.12 bits per heavy atom. The fourth-order valence-electron chi connectivity index (χ4n) is 2.39. The van der Waals surface area contributed by atoms with Crippen molar-refractivity contribution >= 4 is 28.3 Å². The van der Waals surface area contributed by atoms with Crippen LogP contribution in [-0.4, -0.2) is 24.4 Å². The number of halogens is 2. The first-order valence-corrected chi connectivity index (χ1v) is 9.31. The minimum Gasteiger partial charge on any atom is -0.490 e. The molecule has 0 radical (unpaired) electrons. The summed E-state index contributed by atoms with van der Waals surface area (Å²) in [5, 5.41) is 12.6. The van der Waals surface area contributed by atoms with E-state index in [1.165, 1.54) is 5.56 Å². The number of ether oxygens (including phenoxy) is 2. The maximum Gasteiger partial charge on any atom is 0.175 e. The molecule has 4 nitrogen and oxygen atoms in total. The van der Waals surface area contributed by atoms with Gasteiger partial charge in [0.1, 0.15) is 6.61 Å². The lowest BCUT2D eigenvalue weighted by Gasteiger charge is -2.16. The van der Waals surface area contributed by atoms with E-state index in [0.717, 1.165) is 21.3 Å². The average Bonchev–Trinajstić information content (AvgIpc) is 2.55. The summed E-state index contributed by atoms with van der Waals surface area (Å²) in [6.07, 6.45) is -0.369. The summed E-state index contributed by atoms with van der Waals surface area (Å²) in [7, 11) is 0. The van der Waals surface area contributed by atoms with Gasteiger partial charge in [0.2, 0.25) is 0 Å². The molecule has 0 amide bonds. The topological polar surface area (TPSA) is 50.7 Å². The van der Waals surface area contributed by atoms with E-state index in [2.05, 4.69) is 52.4 Å². The van der Waals surface area contributed by atoms with Crippen molar-refractivity contribution in [3.63, 3.8) is 0 Å². The average molecular weight is 445 g/mol. The van der Waals surface area contributed by atoms with Gasteiger partial charge in [-0.15, -0.1) is 12.4 Å². The van der Waals surface area contributed by atoms with Crippen molar-refractivity contribution in [1.29, 1.82) is 0 Å². The number of nitrogens with one attached hydrogen (secondary N) is 1. The van der Waals surface area contributed by atoms with Crippen molar-refractivity contribution in [1.82, 2.24) is 5.32 Å². The normalized spacial score (nSPS) is 11.6. The fraction of sp³-hybridized carbons (Fsp3) is 0.400. The molecule has 0 aliphatic heterocycles. The molecule has 0 aromatic heterocycles. The van der Waals surface area contributed by atoms with Crippen molar-refractivity contribution in [3.8, 4) is 11.5 Å². The predicted octanol–water partition coefficient (Wildman–Crippen LogP) is 4.63. The van der Waals surface area contributed by atoms with Crippen LogP contribution in [0.15, 0.2) is 40.9 Å². The van der Waals surface area contributed by atoms with E-state index < -0.39 is 0 Å². The minimum atomic E-state index is -0.369. The largest absolute Gasteiger partial charge is 0.490 e. The van der Waals surface area contributed by atoms with E-state index in [1.807, 2.05) is 19.1 Å². The van der Waals surface area contributed by atoms with Crippen LogP contribution in [0.5, 0.6) is 11.5 Å². The third-order valence-corrected chi connectivity index (χ3v) is 4.23. The molecule has 6 heteroatoms. The predicted molar refractivity (Wildman–Crippen MR) is 111 cm³/mol. The van der Waals surface area contributed by atoms with Gasteiger partial charge in [-0.3, -0.25) is 0 Å². The van der Waals surface area contributed by atoms with Crippen molar-refractivity contribution in [2.24, 2.45) is 0 Å². The highest BCUT2D eigenvalue weighted by molar-refractivity contribution is 9.10. The van der Waals surface area contributed by atoms with E-state index in [9.17, 15) is 5.11 Å². The second kappa shape index (κ2) is 11.4. The molecule has 0 aliphatic rings. The number of benzene rings is 2. The SMILES string of the molecule is CCOc1cc(CNCC(C)O)cc(Br)c1OCc1ccc(C)cc1.Cl. The molecule has 0 heterocycles. The fourth-order valence-corrected chi connectivity index (χ4v) is 3.00. The van der Waals surface area contributed by atoms with Crippen molar-refractivity contribution in [2.75, 3.05) is 13.2 Å². The second-order valence-electron chi connectivity index (χ2n) is 6.09. The van der Waals surface area contributed by atoms with E-state index >= 15 is 0 Å². The van der Waals surface area contributed by atoms with Crippen LogP contribution in [-0.2, 0) is 13.2 Å². The minimum absolute atomic E-state index is 0. The first-order valence-electron chi connectivity index (χ1n) is 8.52. The monoisotopic (exact) mass is 443 g/mol. The maximum atomic E-state index is 9.35. The smallest absolute Gasteiger partial charge is 0.175 e. The Balaban J connectivity index is 0.00000338. The summed E-state index contributed by atoms with van der Waals surface area (Å²) in [5.74, 6) is 1.43. The van der Waals surface area contributed by atoms with Crippen LogP contribution in [0.2, 0.25) is 0 Å². The zero-order valence-electron chi connectivity index (χ0n) is 15.4. The summed E-state index contributed by atoms with van der Waals surface area (Å²) in [5.41, 5.74) is 3.41. The molecule has 0 saturated carbocycles. The molecule has 2 aromatic rings. The van der Waals surface area contributed by atoms with Crippen LogP contribution in [0.25, 0.3) is 0 Å². The first kappa shape index (κ1) is 22.8. The lowest BCUT2D eigenvalue weighted by molar-refractivity contribution is 0.191. The number of hydrogen-bond donors (Lipinski definition) is 2. The highest BCUT2D eigenvalue weighted by Crippen LogP contribution is 2.37. The van der Waals surface area contributed by atoms with Crippen LogP contribution in [0.1, 0.15) is 30.5 Å². The van der Waals surface area contributed by atoms with Gasteiger partial charge in [-0.25, -0.2) is 0 Å². The van der Waals surface area contributed by atoms with E-state index in [1.54, 1.807) is 6.92 Å². The molecule has 144 valence electrons. The van der Waals surface area contributed by atoms with Gasteiger partial charge in [-0.05, 0) is 60.0 Å². The van der Waals surface area contributed by atoms with Crippen LogP contribution < -0.4 is 14.8 Å². The number of aryl methyl sites for hydroxylation is 1. The molecule has 2 aromatic carbocycles. The van der Waals surface area contributed by atoms with Gasteiger partial charge >= 0.3 is 0 Å². The van der Waals surface area contributed by atoms with Gasteiger partial charge in [0.25, 0.3) is 0 Å². The van der Waals surface area contributed by atoms with Crippen LogP contribution in [0, 0.1) is 6.92 Å². The Bertz CT molecular complexity index is 678. The molecular formula is C20H27BrClNO3. The van der Waals surface area contributed by atoms with Crippen molar-refractivity contribution < 1.29 is 14.6 Å². The van der Waals surface area contributed by atoms with E-state index in [0.29, 0.717) is 32.1 Å². The third kappa shape index (κ3) is 7.16. The van der Waals surface area contributed by atoms with Gasteiger partial charge in [0.15, 0.2) is 11.5 Å². The first-order chi connectivity index (χ1) is 12.0. The molecule has 0 bridgehead atoms. The molecule has 0 aliphatic carbocycles. The third-order valence-electron chi connectivity index (χ3n) is 3.64. The molecule has 26 heavy (non-hydrogen) atoms. The van der Waals surface area contributed by atoms with Crippen LogP contribution >= 0.6 is 28.3 Å². The summed E-state index contributed by atoms with van der Waals surface area (Å²) in [4.78, 5) is 0. The molecule has 0 spiro atoms. The Labute approximate surface area is 170 Å². The van der Waals surface area contributed by atoms with Crippen molar-refractivity contribution in [3.05, 3.63) is 57.6 Å². The Hall–Kier alpha value is -1.27. The summed E-state index contributed by atoms with van der Waals surface area (Å²) >= 11 is 3.59. The van der Waals surface area contributed by atoms with Crippen LogP contribution in [0.3, 0.4) is 0 Å². The van der Waals surface area contributed by atoms with Gasteiger partial charge in [0.05, 0.1) is 17.2 Å². The zero-order valence-corrected chi connectivity index (χ0v) is 17.8. The maximum absolute atomic E-state index is 9.35. The Kier molecular flexibility index (Phi) is 10.0. The number of rotatable bonds is 9. The van der Waals surface area contributed by atoms with Gasteiger partial charge in [-0.2, -0.15) is 0 Å². The quantitative estimate of drug-likeness (QED) is 0.592. The summed E-state index contributed by atoms with van der Waals surface area (Å²) in [6.45, 7) is 8.04. The van der Waals surface area contributed by atoms with Crippen molar-refractivity contribution in [2.45, 2.75) is 40.0 Å². The second-order valence-corrected chi connectivity index (χ2v) is 6.95. The molecule has 0 saturated heterocycles. The molecular weight excluding hydrogens is 418 g/mol. The molecule has 2 rings (SSSR count). The lowest BCUT2D eigenvalue weighted by atomic mass is 10.1. The highest BCUT2D eigenvalue weighted by atomic mass is 79.9. The standard InChI is InChI=1S/C20H26BrNO3.ClH/c1-4-24-19-10-17(12-22-11-15(3)23)9-18(21)20(19)25-13-16-7-5-14(2)6-8-16;/h5-10,15,22-23H,4,11-13H2,1-3H3;1H. The summed E-state index contributed by atoms with van der Waals surface area (Å²) in [6, 6.07) is 12.3. The van der Waals surface area contributed by atoms with Gasteiger partial charge in [0, 0.05) is 13.1 Å². The van der Waals surface area contributed by atoms with E-state index in [4.69, 9.17) is 9.47 Å². The molecule has 0 fully saturated rings. The summed E-state index contributed by atoms with van der Waals surface area (Å²) < 4.78 is 12.6. The highest BCUT2D eigenvalue weighted by Gasteiger charge is 2.13. The molecule has 1 atom stereocenters. The number of aliphatic hydroxyl groups is 1. The molecule has 2 N–H and O–H groups in total. The van der Waals surface area contributed by atoms with Crippen LogP contribution in [0.4, 0.5) is 0 Å². The van der Waals surface area contributed by atoms with Gasteiger partial charge in [-0.1, -0.05) is 29.8 Å². The van der Waals surface area contributed by atoms with Gasteiger partial charge < -0.3 is 19.9 Å². The number of hydrogen-bond acceptors (Lipinski definition) is 4. The Morgan fingerprint density at radius 3 is 2.42 bits per heavy atom. The number of aliphatic hydroxyl groups excluding tert-OH is 1. The Morgan fingerprint density at radius 2 is 1.81 bits per heavy atom.